The molecule has 1 N–H and O–H groups in total. The Bertz CT molecular complexity index is 728. The Morgan fingerprint density at radius 1 is 0.958 bits per heavy atom. The maximum absolute atomic E-state index is 12.2. The zero-order valence-corrected chi connectivity index (χ0v) is 14.2. The number of rotatable bonds is 7. The third kappa shape index (κ3) is 4.73. The summed E-state index contributed by atoms with van der Waals surface area (Å²) in [5.41, 5.74) is 1.12. The molecule has 24 heavy (non-hydrogen) atoms. The van der Waals surface area contributed by atoms with Crippen LogP contribution in [0.1, 0.15) is 23.2 Å². The quantitative estimate of drug-likeness (QED) is 0.770. The molecule has 126 valence electrons. The van der Waals surface area contributed by atoms with Gasteiger partial charge >= 0.3 is 0 Å². The van der Waals surface area contributed by atoms with E-state index in [0.29, 0.717) is 27.8 Å². The maximum Gasteiger partial charge on any atom is 0.224 e. The fraction of sp³-hybridized carbons (Fsp3) is 0.222. The number of carbonyl (C=O) groups is 2. The van der Waals surface area contributed by atoms with Gasteiger partial charge < -0.3 is 14.8 Å². The molecule has 0 spiro atoms. The van der Waals surface area contributed by atoms with E-state index >= 15 is 0 Å². The molecular formula is C18H18ClNO4. The lowest BCUT2D eigenvalue weighted by atomic mass is 10.1. The molecule has 0 aromatic heterocycles. The summed E-state index contributed by atoms with van der Waals surface area (Å²) in [5.74, 6) is 0.664. The molecule has 0 bridgehead atoms. The Balaban J connectivity index is 1.92. The highest BCUT2D eigenvalue weighted by molar-refractivity contribution is 6.30. The number of carbonyl (C=O) groups excluding carboxylic acids is 2. The molecule has 0 fully saturated rings. The fourth-order valence-electron chi connectivity index (χ4n) is 2.14. The first-order valence-electron chi connectivity index (χ1n) is 7.34. The third-order valence-electron chi connectivity index (χ3n) is 3.41. The Kier molecular flexibility index (Phi) is 6.21. The average molecular weight is 348 g/mol. The molecule has 1 amide bonds. The van der Waals surface area contributed by atoms with Crippen molar-refractivity contribution in [2.45, 2.75) is 12.8 Å². The van der Waals surface area contributed by atoms with Crippen molar-refractivity contribution in [1.82, 2.24) is 0 Å². The summed E-state index contributed by atoms with van der Waals surface area (Å²) < 4.78 is 10.3. The van der Waals surface area contributed by atoms with Gasteiger partial charge in [0.05, 0.1) is 14.2 Å². The largest absolute Gasteiger partial charge is 0.493 e. The number of Topliss-reactive ketones (excluding diaryl/α,β-unsaturated/α-hetero) is 1. The summed E-state index contributed by atoms with van der Waals surface area (Å²) in [5, 5.41) is 3.32. The van der Waals surface area contributed by atoms with Gasteiger partial charge in [-0.25, -0.2) is 0 Å². The van der Waals surface area contributed by atoms with Crippen molar-refractivity contribution in [3.05, 3.63) is 53.1 Å². The second-order valence-electron chi connectivity index (χ2n) is 5.05. The highest BCUT2D eigenvalue weighted by Crippen LogP contribution is 2.28. The molecule has 5 nitrogen and oxygen atoms in total. The molecule has 0 saturated carbocycles. The minimum atomic E-state index is -0.230. The average Bonchev–Trinajstić information content (AvgIpc) is 2.61. The van der Waals surface area contributed by atoms with Gasteiger partial charge in [0.15, 0.2) is 17.3 Å². The van der Waals surface area contributed by atoms with E-state index in [0.717, 1.165) is 0 Å². The van der Waals surface area contributed by atoms with Gasteiger partial charge in [0.2, 0.25) is 5.91 Å². The number of amides is 1. The highest BCUT2D eigenvalue weighted by Gasteiger charge is 2.12. The predicted molar refractivity (Wildman–Crippen MR) is 93.2 cm³/mol. The van der Waals surface area contributed by atoms with Crippen LogP contribution in [0.15, 0.2) is 42.5 Å². The van der Waals surface area contributed by atoms with Crippen LogP contribution in [0.2, 0.25) is 5.02 Å². The molecule has 0 unspecified atom stereocenters. The third-order valence-corrected chi connectivity index (χ3v) is 3.66. The number of halogens is 1. The number of hydrogen-bond donors (Lipinski definition) is 1. The summed E-state index contributed by atoms with van der Waals surface area (Å²) in [4.78, 5) is 24.1. The molecule has 6 heteroatoms. The van der Waals surface area contributed by atoms with Crippen LogP contribution in [0.5, 0.6) is 11.5 Å². The Morgan fingerprint density at radius 2 is 1.62 bits per heavy atom. The zero-order valence-electron chi connectivity index (χ0n) is 13.5. The maximum atomic E-state index is 12.2. The summed E-state index contributed by atoms with van der Waals surface area (Å²) in [6, 6.07) is 11.7. The van der Waals surface area contributed by atoms with E-state index in [1.807, 2.05) is 0 Å². The number of hydrogen-bond acceptors (Lipinski definition) is 4. The number of ketones is 1. The number of methoxy groups -OCH3 is 2. The normalized spacial score (nSPS) is 10.1. The molecule has 2 aromatic rings. The lowest BCUT2D eigenvalue weighted by molar-refractivity contribution is -0.116. The first kappa shape index (κ1) is 17.8. The van der Waals surface area contributed by atoms with Crippen molar-refractivity contribution in [2.75, 3.05) is 19.5 Å². The van der Waals surface area contributed by atoms with Gasteiger partial charge in [-0.1, -0.05) is 11.6 Å². The van der Waals surface area contributed by atoms with Crippen LogP contribution >= 0.6 is 11.6 Å². The van der Waals surface area contributed by atoms with Gasteiger partial charge in [-0.15, -0.1) is 0 Å². The minimum Gasteiger partial charge on any atom is -0.493 e. The first-order valence-corrected chi connectivity index (χ1v) is 7.72. The van der Waals surface area contributed by atoms with E-state index in [1.165, 1.54) is 14.2 Å². The van der Waals surface area contributed by atoms with Gasteiger partial charge in [0, 0.05) is 29.1 Å². The first-order chi connectivity index (χ1) is 11.5. The molecule has 0 aliphatic heterocycles. The molecule has 0 aliphatic rings. The van der Waals surface area contributed by atoms with Gasteiger partial charge in [0.25, 0.3) is 0 Å². The number of nitrogens with one attached hydrogen (secondary N) is 1. The van der Waals surface area contributed by atoms with E-state index in [9.17, 15) is 9.59 Å². The van der Waals surface area contributed by atoms with Crippen molar-refractivity contribution < 1.29 is 19.1 Å². The Morgan fingerprint density at radius 3 is 2.25 bits per heavy atom. The van der Waals surface area contributed by atoms with Gasteiger partial charge in [-0.3, -0.25) is 9.59 Å². The topological polar surface area (TPSA) is 64.6 Å². The smallest absolute Gasteiger partial charge is 0.224 e. The van der Waals surface area contributed by atoms with Crippen LogP contribution in [0.3, 0.4) is 0 Å². The van der Waals surface area contributed by atoms with E-state index in [2.05, 4.69) is 5.32 Å². The van der Waals surface area contributed by atoms with Gasteiger partial charge in [0.1, 0.15) is 0 Å². The van der Waals surface area contributed by atoms with E-state index < -0.39 is 0 Å². The molecule has 0 atom stereocenters. The second-order valence-corrected chi connectivity index (χ2v) is 5.48. The number of ether oxygens (including phenoxy) is 2. The molecule has 2 rings (SSSR count). The van der Waals surface area contributed by atoms with Crippen LogP contribution in [-0.4, -0.2) is 25.9 Å². The van der Waals surface area contributed by atoms with Crippen molar-refractivity contribution >= 4 is 29.0 Å². The van der Waals surface area contributed by atoms with Crippen molar-refractivity contribution in [3.8, 4) is 11.5 Å². The molecule has 0 saturated heterocycles. The SMILES string of the molecule is COc1ccc(C(=O)CCC(=O)Nc2ccc(Cl)cc2)cc1OC. The second kappa shape index (κ2) is 8.36. The number of anilines is 1. The Labute approximate surface area is 145 Å². The standard InChI is InChI=1S/C18H18ClNO4/c1-23-16-9-3-12(11-17(16)24-2)15(21)8-10-18(22)20-14-6-4-13(19)5-7-14/h3-7,9,11H,8,10H2,1-2H3,(H,20,22). The van der Waals surface area contributed by atoms with Crippen LogP contribution in [0.4, 0.5) is 5.69 Å². The van der Waals surface area contributed by atoms with E-state index in [-0.39, 0.29) is 24.5 Å². The fourth-order valence-corrected chi connectivity index (χ4v) is 2.26. The summed E-state index contributed by atoms with van der Waals surface area (Å²) in [6.07, 6.45) is 0.199. The van der Waals surface area contributed by atoms with Crippen LogP contribution in [0, 0.1) is 0 Å². The lowest BCUT2D eigenvalue weighted by Gasteiger charge is -2.09. The minimum absolute atomic E-state index is 0.0931. The lowest BCUT2D eigenvalue weighted by Crippen LogP contribution is -2.13. The summed E-state index contributed by atoms with van der Waals surface area (Å²) in [6.45, 7) is 0. The van der Waals surface area contributed by atoms with Gasteiger partial charge in [-0.2, -0.15) is 0 Å². The van der Waals surface area contributed by atoms with Crippen LogP contribution < -0.4 is 14.8 Å². The molecule has 0 heterocycles. The van der Waals surface area contributed by atoms with E-state index in [4.69, 9.17) is 21.1 Å². The molecule has 2 aromatic carbocycles. The zero-order chi connectivity index (χ0) is 17.5. The Hall–Kier alpha value is -2.53. The van der Waals surface area contributed by atoms with Crippen molar-refractivity contribution in [2.24, 2.45) is 0 Å². The summed E-state index contributed by atoms with van der Waals surface area (Å²) in [7, 11) is 3.03. The highest BCUT2D eigenvalue weighted by atomic mass is 35.5. The van der Waals surface area contributed by atoms with E-state index in [1.54, 1.807) is 42.5 Å². The number of benzene rings is 2. The van der Waals surface area contributed by atoms with Crippen LogP contribution in [0.25, 0.3) is 0 Å². The molecule has 0 aliphatic carbocycles. The van der Waals surface area contributed by atoms with Gasteiger partial charge in [-0.05, 0) is 42.5 Å². The molecular weight excluding hydrogens is 330 g/mol. The summed E-state index contributed by atoms with van der Waals surface area (Å²) >= 11 is 5.79. The van der Waals surface area contributed by atoms with Crippen LogP contribution in [-0.2, 0) is 4.79 Å². The molecule has 0 radical (unpaired) electrons. The predicted octanol–water partition coefficient (Wildman–Crippen LogP) is 3.96. The van der Waals surface area contributed by atoms with Crippen molar-refractivity contribution in [1.29, 1.82) is 0 Å². The van der Waals surface area contributed by atoms with Crippen molar-refractivity contribution in [3.63, 3.8) is 0 Å². The monoisotopic (exact) mass is 347 g/mol.